The summed E-state index contributed by atoms with van der Waals surface area (Å²) < 4.78 is 10.3. The lowest BCUT2D eigenvalue weighted by molar-refractivity contribution is -0.151. The molecule has 0 bridgehead atoms. The zero-order valence-electron chi connectivity index (χ0n) is 14.4. The van der Waals surface area contributed by atoms with Crippen LogP contribution in [0.2, 0.25) is 0 Å². The van der Waals surface area contributed by atoms with Crippen LogP contribution >= 0.6 is 0 Å². The Morgan fingerprint density at radius 3 is 2.88 bits per heavy atom. The highest BCUT2D eigenvalue weighted by Gasteiger charge is 2.35. The molecule has 136 valence electrons. The third-order valence-corrected chi connectivity index (χ3v) is 4.12. The van der Waals surface area contributed by atoms with E-state index in [1.54, 1.807) is 23.1 Å². The SMILES string of the molecule is Cc1cccc(NC(=O)COC(=O)C2CC(=O)N(Cc3ccco3)C2)c1. The van der Waals surface area contributed by atoms with E-state index >= 15 is 0 Å². The Labute approximate surface area is 150 Å². The molecule has 1 saturated heterocycles. The van der Waals surface area contributed by atoms with E-state index in [4.69, 9.17) is 9.15 Å². The second-order valence-corrected chi connectivity index (χ2v) is 6.28. The molecule has 7 heteroatoms. The van der Waals surface area contributed by atoms with Crippen molar-refractivity contribution in [3.05, 3.63) is 54.0 Å². The number of ether oxygens (including phenoxy) is 1. The molecule has 3 rings (SSSR count). The van der Waals surface area contributed by atoms with Gasteiger partial charge in [0, 0.05) is 18.7 Å². The van der Waals surface area contributed by atoms with Gasteiger partial charge in [0.1, 0.15) is 5.76 Å². The Hall–Kier alpha value is -3.09. The van der Waals surface area contributed by atoms with Crippen molar-refractivity contribution in [2.45, 2.75) is 19.9 Å². The van der Waals surface area contributed by atoms with Crippen molar-refractivity contribution >= 4 is 23.5 Å². The van der Waals surface area contributed by atoms with Crippen LogP contribution in [0.3, 0.4) is 0 Å². The molecule has 1 aromatic carbocycles. The first kappa shape index (κ1) is 17.7. The molecule has 2 amide bonds. The number of nitrogens with zero attached hydrogens (tertiary/aromatic N) is 1. The molecule has 0 radical (unpaired) electrons. The average Bonchev–Trinajstić information content (AvgIpc) is 3.23. The number of esters is 1. The minimum Gasteiger partial charge on any atom is -0.467 e. The molecule has 1 unspecified atom stereocenters. The second-order valence-electron chi connectivity index (χ2n) is 6.28. The van der Waals surface area contributed by atoms with Crippen molar-refractivity contribution < 1.29 is 23.5 Å². The van der Waals surface area contributed by atoms with Gasteiger partial charge in [-0.15, -0.1) is 0 Å². The Morgan fingerprint density at radius 1 is 1.31 bits per heavy atom. The number of carbonyl (C=O) groups excluding carboxylic acids is 3. The highest BCUT2D eigenvalue weighted by molar-refractivity contribution is 5.93. The summed E-state index contributed by atoms with van der Waals surface area (Å²) in [5, 5.41) is 2.67. The summed E-state index contributed by atoms with van der Waals surface area (Å²) in [5.74, 6) is -0.998. The Morgan fingerprint density at radius 2 is 2.15 bits per heavy atom. The monoisotopic (exact) mass is 356 g/mol. The van der Waals surface area contributed by atoms with Gasteiger partial charge in [0.2, 0.25) is 5.91 Å². The first-order valence-corrected chi connectivity index (χ1v) is 8.34. The van der Waals surface area contributed by atoms with Gasteiger partial charge in [-0.1, -0.05) is 12.1 Å². The fourth-order valence-electron chi connectivity index (χ4n) is 2.85. The maximum Gasteiger partial charge on any atom is 0.311 e. The first-order chi connectivity index (χ1) is 12.5. The lowest BCUT2D eigenvalue weighted by atomic mass is 10.1. The van der Waals surface area contributed by atoms with Gasteiger partial charge in [-0.2, -0.15) is 0 Å². The van der Waals surface area contributed by atoms with E-state index in [0.29, 0.717) is 18.0 Å². The van der Waals surface area contributed by atoms with E-state index in [2.05, 4.69) is 5.32 Å². The molecule has 2 aromatic rings. The fourth-order valence-corrected chi connectivity index (χ4v) is 2.85. The van der Waals surface area contributed by atoms with Crippen LogP contribution in [0.5, 0.6) is 0 Å². The molecule has 1 aromatic heterocycles. The van der Waals surface area contributed by atoms with Crippen LogP contribution < -0.4 is 5.32 Å². The largest absolute Gasteiger partial charge is 0.467 e. The van der Waals surface area contributed by atoms with Crippen LogP contribution in [0.15, 0.2) is 47.1 Å². The lowest BCUT2D eigenvalue weighted by Crippen LogP contribution is -2.28. The summed E-state index contributed by atoms with van der Waals surface area (Å²) in [6.07, 6.45) is 1.62. The smallest absolute Gasteiger partial charge is 0.311 e. The normalized spacial score (nSPS) is 16.6. The average molecular weight is 356 g/mol. The molecule has 1 fully saturated rings. The topological polar surface area (TPSA) is 88.8 Å². The molecule has 7 nitrogen and oxygen atoms in total. The van der Waals surface area contributed by atoms with Crippen LogP contribution in [-0.2, 0) is 25.7 Å². The molecule has 0 aliphatic carbocycles. The number of benzene rings is 1. The standard InChI is InChI=1S/C19H20N2O5/c1-13-4-2-5-15(8-13)20-17(22)12-26-19(24)14-9-18(23)21(10-14)11-16-6-3-7-25-16/h2-8,14H,9-12H2,1H3,(H,20,22). The van der Waals surface area contributed by atoms with Gasteiger partial charge < -0.3 is 19.4 Å². The van der Waals surface area contributed by atoms with Crippen LogP contribution in [-0.4, -0.2) is 35.8 Å². The number of hydrogen-bond acceptors (Lipinski definition) is 5. The number of likely N-dealkylation sites (tertiary alicyclic amines) is 1. The first-order valence-electron chi connectivity index (χ1n) is 8.34. The van der Waals surface area contributed by atoms with E-state index < -0.39 is 17.8 Å². The van der Waals surface area contributed by atoms with Crippen LogP contribution in [0.1, 0.15) is 17.7 Å². The van der Waals surface area contributed by atoms with Crippen molar-refractivity contribution in [2.24, 2.45) is 5.92 Å². The Kier molecular flexibility index (Phi) is 5.36. The predicted molar refractivity (Wildman–Crippen MR) is 93.0 cm³/mol. The van der Waals surface area contributed by atoms with E-state index in [1.807, 2.05) is 25.1 Å². The van der Waals surface area contributed by atoms with E-state index in [9.17, 15) is 14.4 Å². The summed E-state index contributed by atoms with van der Waals surface area (Å²) in [5.41, 5.74) is 1.66. The highest BCUT2D eigenvalue weighted by atomic mass is 16.5. The van der Waals surface area contributed by atoms with Gasteiger partial charge in [-0.25, -0.2) is 0 Å². The number of nitrogens with one attached hydrogen (secondary N) is 1. The molecule has 1 N–H and O–H groups in total. The number of hydrogen-bond donors (Lipinski definition) is 1. The van der Waals surface area contributed by atoms with Crippen LogP contribution in [0.4, 0.5) is 5.69 Å². The third-order valence-electron chi connectivity index (χ3n) is 4.12. The minimum atomic E-state index is -0.566. The summed E-state index contributed by atoms with van der Waals surface area (Å²) >= 11 is 0. The van der Waals surface area contributed by atoms with Crippen molar-refractivity contribution in [1.82, 2.24) is 4.90 Å². The molecule has 2 heterocycles. The van der Waals surface area contributed by atoms with Gasteiger partial charge in [0.25, 0.3) is 5.91 Å². The Balaban J connectivity index is 1.46. The van der Waals surface area contributed by atoms with Gasteiger partial charge in [0.05, 0.1) is 18.7 Å². The van der Waals surface area contributed by atoms with Crippen LogP contribution in [0, 0.1) is 12.8 Å². The van der Waals surface area contributed by atoms with E-state index in [1.165, 1.54) is 6.26 Å². The number of furan rings is 1. The second kappa shape index (κ2) is 7.86. The van der Waals surface area contributed by atoms with Gasteiger partial charge >= 0.3 is 5.97 Å². The summed E-state index contributed by atoms with van der Waals surface area (Å²) in [4.78, 5) is 37.6. The van der Waals surface area contributed by atoms with Crippen molar-refractivity contribution in [3.63, 3.8) is 0 Å². The summed E-state index contributed by atoms with van der Waals surface area (Å²) in [7, 11) is 0. The number of amides is 2. The number of carbonyl (C=O) groups is 3. The molecule has 26 heavy (non-hydrogen) atoms. The number of anilines is 1. The van der Waals surface area contributed by atoms with E-state index in [0.717, 1.165) is 5.56 Å². The summed E-state index contributed by atoms with van der Waals surface area (Å²) in [6.45, 7) is 2.12. The fraction of sp³-hybridized carbons (Fsp3) is 0.316. The summed E-state index contributed by atoms with van der Waals surface area (Å²) in [6, 6.07) is 10.8. The zero-order chi connectivity index (χ0) is 18.5. The zero-order valence-corrected chi connectivity index (χ0v) is 14.4. The maximum atomic E-state index is 12.1. The third kappa shape index (κ3) is 4.50. The van der Waals surface area contributed by atoms with Gasteiger partial charge in [-0.05, 0) is 36.8 Å². The quantitative estimate of drug-likeness (QED) is 0.801. The molecular formula is C19H20N2O5. The predicted octanol–water partition coefficient (Wildman–Crippen LogP) is 2.12. The van der Waals surface area contributed by atoms with Crippen molar-refractivity contribution in [3.8, 4) is 0 Å². The van der Waals surface area contributed by atoms with Gasteiger partial charge in [0.15, 0.2) is 6.61 Å². The maximum absolute atomic E-state index is 12.1. The Bertz CT molecular complexity index is 800. The number of aryl methyl sites for hydroxylation is 1. The van der Waals surface area contributed by atoms with Crippen molar-refractivity contribution in [1.29, 1.82) is 0 Å². The molecule has 1 aliphatic heterocycles. The van der Waals surface area contributed by atoms with Gasteiger partial charge in [-0.3, -0.25) is 14.4 Å². The molecule has 1 atom stereocenters. The molecule has 0 saturated carbocycles. The molecule has 1 aliphatic rings. The lowest BCUT2D eigenvalue weighted by Gasteiger charge is -2.14. The number of rotatable bonds is 6. The highest BCUT2D eigenvalue weighted by Crippen LogP contribution is 2.21. The van der Waals surface area contributed by atoms with Crippen LogP contribution in [0.25, 0.3) is 0 Å². The minimum absolute atomic E-state index is 0.0824. The van der Waals surface area contributed by atoms with Crippen molar-refractivity contribution in [2.75, 3.05) is 18.5 Å². The molecular weight excluding hydrogens is 336 g/mol. The van der Waals surface area contributed by atoms with E-state index in [-0.39, 0.29) is 25.5 Å². The molecule has 0 spiro atoms.